The number of hydrogen-bond acceptors (Lipinski definition) is 7. The van der Waals surface area contributed by atoms with Crippen LogP contribution in [0.2, 0.25) is 20.1 Å². The van der Waals surface area contributed by atoms with Gasteiger partial charge in [-0.05, 0) is 47.4 Å². The number of thioether (sulfide) groups is 2. The topological polar surface area (TPSA) is 104 Å². The molecule has 4 rings (SSSR count). The Hall–Kier alpha value is -1.46. The molecule has 0 radical (unpaired) electrons. The van der Waals surface area contributed by atoms with Gasteiger partial charge in [-0.15, -0.1) is 0 Å². The first kappa shape index (κ1) is 35.4. The molecule has 1 heterocycles. The monoisotopic (exact) mass is 714 g/mol. The van der Waals surface area contributed by atoms with E-state index in [2.05, 4.69) is 0 Å². The largest absolute Gasteiger partial charge is 0.396 e. The van der Waals surface area contributed by atoms with Crippen molar-refractivity contribution in [1.82, 2.24) is 4.90 Å². The van der Waals surface area contributed by atoms with Crippen molar-refractivity contribution in [3.8, 4) is 0 Å². The maximum Gasteiger partial charge on any atom is 0.239 e. The molecule has 3 aromatic carbocycles. The van der Waals surface area contributed by atoms with Gasteiger partial charge in [0, 0.05) is 35.1 Å². The lowest BCUT2D eigenvalue weighted by molar-refractivity contribution is -0.141. The van der Waals surface area contributed by atoms with Crippen molar-refractivity contribution >= 4 is 81.6 Å². The van der Waals surface area contributed by atoms with Crippen molar-refractivity contribution in [2.75, 3.05) is 37.8 Å². The van der Waals surface area contributed by atoms with E-state index in [1.807, 2.05) is 42.5 Å². The zero-order valence-electron chi connectivity index (χ0n) is 23.8. The summed E-state index contributed by atoms with van der Waals surface area (Å²) in [6.45, 7) is 0.128. The molecule has 12 heteroatoms. The minimum atomic E-state index is -0.811. The molecule has 44 heavy (non-hydrogen) atoms. The number of piperidine rings is 1. The van der Waals surface area contributed by atoms with Crippen LogP contribution in [0.15, 0.2) is 66.7 Å². The van der Waals surface area contributed by atoms with Crippen LogP contribution in [-0.2, 0) is 16.0 Å². The van der Waals surface area contributed by atoms with Crippen molar-refractivity contribution in [2.45, 2.75) is 23.0 Å². The zero-order chi connectivity index (χ0) is 31.8. The molecule has 1 saturated heterocycles. The average Bonchev–Trinajstić information content (AvgIpc) is 3.02. The van der Waals surface area contributed by atoms with Crippen LogP contribution in [0.25, 0.3) is 0 Å². The second kappa shape index (κ2) is 16.9. The molecular weight excluding hydrogens is 682 g/mol. The Labute approximate surface area is 286 Å². The number of nitrogens with zero attached hydrogens (tertiary/aromatic N) is 1. The highest BCUT2D eigenvalue weighted by molar-refractivity contribution is 7.99. The Morgan fingerprint density at radius 3 is 1.70 bits per heavy atom. The standard InChI is InChI=1S/C32H34Cl4N2O4S2/c33-24-8-6-20(15-26(24)35)30(43-12-10-39)22-17-38(32(42)28(37)14-19-4-2-1-3-5-19)18-23(29(22)41)31(44-13-11-40)21-7-9-25(34)27(36)16-21/h1-9,15-16,22-23,28,30-31,39-40H,10-14,17-18,37H2/t22?,23?,28-,30?,31?/m0/s1. The van der Waals surface area contributed by atoms with Gasteiger partial charge in [0.25, 0.3) is 0 Å². The van der Waals surface area contributed by atoms with Gasteiger partial charge >= 0.3 is 0 Å². The molecule has 1 amide bonds. The van der Waals surface area contributed by atoms with E-state index in [0.29, 0.717) is 38.0 Å². The van der Waals surface area contributed by atoms with Crippen molar-refractivity contribution in [3.63, 3.8) is 0 Å². The molecule has 0 aliphatic carbocycles. The van der Waals surface area contributed by atoms with Crippen LogP contribution >= 0.6 is 69.9 Å². The van der Waals surface area contributed by atoms with Gasteiger partial charge in [0.15, 0.2) is 0 Å². The number of carbonyl (C=O) groups excluding carboxylic acids is 2. The Morgan fingerprint density at radius 2 is 1.27 bits per heavy atom. The minimum Gasteiger partial charge on any atom is -0.396 e. The molecule has 236 valence electrons. The number of Topliss-reactive ketones (excluding diaryl/α,β-unsaturated/α-hetero) is 1. The minimum absolute atomic E-state index is 0.0336. The smallest absolute Gasteiger partial charge is 0.239 e. The van der Waals surface area contributed by atoms with Gasteiger partial charge in [-0.25, -0.2) is 0 Å². The predicted octanol–water partition coefficient (Wildman–Crippen LogP) is 6.75. The zero-order valence-corrected chi connectivity index (χ0v) is 28.4. The van der Waals surface area contributed by atoms with Gasteiger partial charge in [-0.2, -0.15) is 23.5 Å². The fourth-order valence-corrected chi connectivity index (χ4v) is 8.41. The lowest BCUT2D eigenvalue weighted by Crippen LogP contribution is -2.55. The second-order valence-corrected chi connectivity index (χ2v) is 14.7. The Kier molecular flexibility index (Phi) is 13.6. The molecule has 0 saturated carbocycles. The first-order valence-corrected chi connectivity index (χ1v) is 17.7. The molecule has 0 aromatic heterocycles. The van der Waals surface area contributed by atoms with E-state index in [9.17, 15) is 19.8 Å². The molecule has 1 aliphatic heterocycles. The summed E-state index contributed by atoms with van der Waals surface area (Å²) in [7, 11) is 0. The Morgan fingerprint density at radius 1 is 0.795 bits per heavy atom. The summed E-state index contributed by atoms with van der Waals surface area (Å²) < 4.78 is 0. The van der Waals surface area contributed by atoms with Crippen LogP contribution in [0.1, 0.15) is 27.2 Å². The number of aliphatic hydroxyl groups is 2. The first-order valence-electron chi connectivity index (χ1n) is 14.1. The number of carbonyl (C=O) groups is 2. The highest BCUT2D eigenvalue weighted by atomic mass is 35.5. The molecular formula is C32H34Cl4N2O4S2. The number of aliphatic hydroxyl groups excluding tert-OH is 2. The Balaban J connectivity index is 1.76. The third-order valence-corrected chi connectivity index (χ3v) is 11.8. The number of benzene rings is 3. The number of rotatable bonds is 13. The first-order chi connectivity index (χ1) is 21.1. The van der Waals surface area contributed by atoms with Gasteiger partial charge in [0.05, 0.1) is 51.2 Å². The third-order valence-electron chi connectivity index (χ3n) is 7.55. The molecule has 1 fully saturated rings. The van der Waals surface area contributed by atoms with Crippen LogP contribution in [0, 0.1) is 11.8 Å². The summed E-state index contributed by atoms with van der Waals surface area (Å²) in [5, 5.41) is 20.1. The van der Waals surface area contributed by atoms with E-state index in [-0.39, 0.29) is 38.0 Å². The average molecular weight is 717 g/mol. The van der Waals surface area contributed by atoms with Gasteiger partial charge in [0.1, 0.15) is 5.78 Å². The Bertz CT molecular complexity index is 1360. The highest BCUT2D eigenvalue weighted by Crippen LogP contribution is 2.47. The van der Waals surface area contributed by atoms with Gasteiger partial charge < -0.3 is 20.8 Å². The van der Waals surface area contributed by atoms with Gasteiger partial charge in [-0.1, -0.05) is 88.9 Å². The molecule has 0 spiro atoms. The van der Waals surface area contributed by atoms with E-state index in [0.717, 1.165) is 16.7 Å². The molecule has 0 bridgehead atoms. The summed E-state index contributed by atoms with van der Waals surface area (Å²) >= 11 is 28.1. The van der Waals surface area contributed by atoms with E-state index < -0.39 is 28.4 Å². The second-order valence-electron chi connectivity index (χ2n) is 10.5. The van der Waals surface area contributed by atoms with Crippen LogP contribution in [0.4, 0.5) is 0 Å². The van der Waals surface area contributed by atoms with Gasteiger partial charge in [-0.3, -0.25) is 9.59 Å². The van der Waals surface area contributed by atoms with E-state index in [1.54, 1.807) is 29.2 Å². The molecule has 5 atom stereocenters. The maximum atomic E-state index is 14.6. The van der Waals surface area contributed by atoms with E-state index >= 15 is 0 Å². The molecule has 1 aliphatic rings. The summed E-state index contributed by atoms with van der Waals surface area (Å²) in [5.41, 5.74) is 8.98. The highest BCUT2D eigenvalue weighted by Gasteiger charge is 2.46. The molecule has 6 nitrogen and oxygen atoms in total. The van der Waals surface area contributed by atoms with E-state index in [1.165, 1.54) is 23.5 Å². The van der Waals surface area contributed by atoms with Crippen molar-refractivity contribution in [1.29, 1.82) is 0 Å². The predicted molar refractivity (Wildman–Crippen MR) is 184 cm³/mol. The maximum absolute atomic E-state index is 14.6. The molecule has 4 N–H and O–H groups in total. The lowest BCUT2D eigenvalue weighted by Gasteiger charge is -2.43. The number of nitrogens with two attached hydrogens (primary N) is 1. The number of halogens is 4. The van der Waals surface area contributed by atoms with E-state index in [4.69, 9.17) is 52.1 Å². The van der Waals surface area contributed by atoms with Crippen molar-refractivity contribution in [3.05, 3.63) is 104 Å². The summed E-state index contributed by atoms with van der Waals surface area (Å²) in [6, 6.07) is 19.2. The molecule has 4 unspecified atom stereocenters. The molecule has 3 aromatic rings. The van der Waals surface area contributed by atoms with Gasteiger partial charge in [0.2, 0.25) is 5.91 Å². The van der Waals surface area contributed by atoms with Crippen molar-refractivity contribution < 1.29 is 19.8 Å². The summed E-state index contributed by atoms with van der Waals surface area (Å²) in [5.74, 6) is -0.830. The fraction of sp³-hybridized carbons (Fsp3) is 0.375. The SMILES string of the molecule is N[C@@H](Cc1ccccc1)C(=O)N1CC(C(SCCO)c2ccc(Cl)c(Cl)c2)C(=O)C(C(SCCO)c2ccc(Cl)c(Cl)c2)C1. The normalized spacial score (nSPS) is 19.1. The number of hydrogen-bond donors (Lipinski definition) is 3. The van der Waals surface area contributed by atoms with Crippen LogP contribution in [-0.4, -0.2) is 70.7 Å². The van der Waals surface area contributed by atoms with Crippen LogP contribution in [0.3, 0.4) is 0 Å². The fourth-order valence-electron chi connectivity index (χ4n) is 5.49. The lowest BCUT2D eigenvalue weighted by atomic mass is 9.80. The summed E-state index contributed by atoms with van der Waals surface area (Å²) in [6.07, 6.45) is 0.352. The number of likely N-dealkylation sites (tertiary alicyclic amines) is 1. The van der Waals surface area contributed by atoms with Crippen LogP contribution < -0.4 is 5.73 Å². The summed E-state index contributed by atoms with van der Waals surface area (Å²) in [4.78, 5) is 30.2. The number of amides is 1. The quantitative estimate of drug-likeness (QED) is 0.180. The third kappa shape index (κ3) is 8.87. The van der Waals surface area contributed by atoms with Crippen LogP contribution in [0.5, 0.6) is 0 Å². The van der Waals surface area contributed by atoms with Crippen molar-refractivity contribution in [2.24, 2.45) is 17.6 Å². The number of ketones is 1.